The first-order valence-corrected chi connectivity index (χ1v) is 6.87. The van der Waals surface area contributed by atoms with Crippen LogP contribution in [0.5, 0.6) is 5.75 Å². The highest BCUT2D eigenvalue weighted by atomic mass is 35.5. The second kappa shape index (κ2) is 6.26. The van der Waals surface area contributed by atoms with Gasteiger partial charge in [0.1, 0.15) is 5.75 Å². The van der Waals surface area contributed by atoms with Crippen molar-refractivity contribution in [3.63, 3.8) is 0 Å². The standard InChI is InChI=1S/C14H18ClNO3/c15-11-8-9(12(16)5-7-14(17)18)4-6-13(11)19-10-2-1-3-10/h4,6,8,10,12H,1-3,5,7,16H2,(H,17,18). The van der Waals surface area contributed by atoms with Gasteiger partial charge in [0, 0.05) is 12.5 Å². The van der Waals surface area contributed by atoms with E-state index in [1.807, 2.05) is 12.1 Å². The number of nitrogens with two attached hydrogens (primary N) is 1. The number of carbonyl (C=O) groups is 1. The molecule has 5 heteroatoms. The first-order chi connectivity index (χ1) is 9.06. The van der Waals surface area contributed by atoms with Gasteiger partial charge in [-0.3, -0.25) is 4.79 Å². The van der Waals surface area contributed by atoms with E-state index >= 15 is 0 Å². The lowest BCUT2D eigenvalue weighted by Gasteiger charge is -2.27. The lowest BCUT2D eigenvalue weighted by atomic mass is 9.96. The topological polar surface area (TPSA) is 72.6 Å². The van der Waals surface area contributed by atoms with Gasteiger partial charge in [-0.05, 0) is 43.4 Å². The van der Waals surface area contributed by atoms with Crippen molar-refractivity contribution < 1.29 is 14.6 Å². The predicted molar refractivity (Wildman–Crippen MR) is 73.5 cm³/mol. The van der Waals surface area contributed by atoms with Gasteiger partial charge in [0.25, 0.3) is 0 Å². The maximum atomic E-state index is 10.5. The van der Waals surface area contributed by atoms with Crippen LogP contribution in [0.15, 0.2) is 18.2 Å². The highest BCUT2D eigenvalue weighted by molar-refractivity contribution is 6.32. The van der Waals surface area contributed by atoms with Gasteiger partial charge in [0.15, 0.2) is 0 Å². The normalized spacial score (nSPS) is 16.7. The molecule has 0 saturated heterocycles. The summed E-state index contributed by atoms with van der Waals surface area (Å²) in [4.78, 5) is 10.5. The van der Waals surface area contributed by atoms with Crippen molar-refractivity contribution in [3.05, 3.63) is 28.8 Å². The van der Waals surface area contributed by atoms with Crippen LogP contribution in [0, 0.1) is 0 Å². The van der Waals surface area contributed by atoms with Crippen LogP contribution in [-0.4, -0.2) is 17.2 Å². The Kier molecular flexibility index (Phi) is 4.66. The lowest BCUT2D eigenvalue weighted by molar-refractivity contribution is -0.137. The van der Waals surface area contributed by atoms with E-state index < -0.39 is 5.97 Å². The SMILES string of the molecule is NC(CCC(=O)O)c1ccc(OC2CCC2)c(Cl)c1. The molecule has 0 heterocycles. The summed E-state index contributed by atoms with van der Waals surface area (Å²) in [6, 6.07) is 5.12. The molecule has 19 heavy (non-hydrogen) atoms. The number of carboxylic acids is 1. The second-order valence-corrected chi connectivity index (χ2v) is 5.31. The predicted octanol–water partition coefficient (Wildman–Crippen LogP) is 3.14. The molecule has 1 aromatic rings. The van der Waals surface area contributed by atoms with E-state index in [2.05, 4.69) is 0 Å². The van der Waals surface area contributed by atoms with Crippen LogP contribution in [0.25, 0.3) is 0 Å². The summed E-state index contributed by atoms with van der Waals surface area (Å²) in [7, 11) is 0. The van der Waals surface area contributed by atoms with Gasteiger partial charge in [-0.15, -0.1) is 0 Å². The fraction of sp³-hybridized carbons (Fsp3) is 0.500. The van der Waals surface area contributed by atoms with Gasteiger partial charge >= 0.3 is 5.97 Å². The van der Waals surface area contributed by atoms with E-state index in [4.69, 9.17) is 27.2 Å². The summed E-state index contributed by atoms with van der Waals surface area (Å²) >= 11 is 6.16. The molecule has 1 aliphatic carbocycles. The molecule has 1 fully saturated rings. The number of aliphatic carboxylic acids is 1. The van der Waals surface area contributed by atoms with E-state index in [1.54, 1.807) is 6.07 Å². The van der Waals surface area contributed by atoms with Crippen LogP contribution in [0.1, 0.15) is 43.7 Å². The van der Waals surface area contributed by atoms with E-state index in [9.17, 15) is 4.79 Å². The molecule has 1 aromatic carbocycles. The first kappa shape index (κ1) is 14.2. The lowest BCUT2D eigenvalue weighted by Crippen LogP contribution is -2.24. The van der Waals surface area contributed by atoms with Gasteiger partial charge in [-0.1, -0.05) is 17.7 Å². The molecule has 0 radical (unpaired) electrons. The molecule has 1 unspecified atom stereocenters. The Balaban J connectivity index is 1.98. The maximum absolute atomic E-state index is 10.5. The number of hydrogen-bond donors (Lipinski definition) is 2. The molecule has 1 aliphatic rings. The number of benzene rings is 1. The van der Waals surface area contributed by atoms with Gasteiger partial charge < -0.3 is 15.6 Å². The molecule has 3 N–H and O–H groups in total. The van der Waals surface area contributed by atoms with Crippen molar-refractivity contribution in [2.24, 2.45) is 5.73 Å². The fourth-order valence-electron chi connectivity index (χ4n) is 1.96. The molecule has 1 saturated carbocycles. The van der Waals surface area contributed by atoms with Crippen molar-refractivity contribution in [3.8, 4) is 5.75 Å². The molecule has 0 amide bonds. The van der Waals surface area contributed by atoms with E-state index in [1.165, 1.54) is 6.42 Å². The van der Waals surface area contributed by atoms with Gasteiger partial charge in [-0.25, -0.2) is 0 Å². The Morgan fingerprint density at radius 1 is 1.53 bits per heavy atom. The van der Waals surface area contributed by atoms with Crippen molar-refractivity contribution in [2.45, 2.75) is 44.2 Å². The molecule has 104 valence electrons. The van der Waals surface area contributed by atoms with Crippen molar-refractivity contribution in [1.29, 1.82) is 0 Å². The zero-order valence-electron chi connectivity index (χ0n) is 10.6. The number of rotatable bonds is 6. The third-order valence-electron chi connectivity index (χ3n) is 3.40. The molecule has 0 spiro atoms. The molecule has 2 rings (SSSR count). The summed E-state index contributed by atoms with van der Waals surface area (Å²) in [5.74, 6) is -0.160. The monoisotopic (exact) mass is 283 g/mol. The number of ether oxygens (including phenoxy) is 1. The van der Waals surface area contributed by atoms with E-state index in [0.717, 1.165) is 18.4 Å². The van der Waals surface area contributed by atoms with Gasteiger partial charge in [0.05, 0.1) is 11.1 Å². The van der Waals surface area contributed by atoms with E-state index in [-0.39, 0.29) is 18.6 Å². The number of carboxylic acid groups (broad SMARTS) is 1. The summed E-state index contributed by atoms with van der Waals surface area (Å²) in [5, 5.41) is 9.18. The zero-order valence-corrected chi connectivity index (χ0v) is 11.4. The Morgan fingerprint density at radius 2 is 2.26 bits per heavy atom. The first-order valence-electron chi connectivity index (χ1n) is 6.49. The van der Waals surface area contributed by atoms with Crippen LogP contribution in [0.4, 0.5) is 0 Å². The number of hydrogen-bond acceptors (Lipinski definition) is 3. The molecule has 1 atom stereocenters. The van der Waals surface area contributed by atoms with Gasteiger partial charge in [0.2, 0.25) is 0 Å². The molecule has 0 aliphatic heterocycles. The Morgan fingerprint density at radius 3 is 2.79 bits per heavy atom. The Hall–Kier alpha value is -1.26. The minimum Gasteiger partial charge on any atom is -0.489 e. The van der Waals surface area contributed by atoms with E-state index in [0.29, 0.717) is 17.2 Å². The minimum atomic E-state index is -0.841. The molecule has 4 nitrogen and oxygen atoms in total. The van der Waals surface area contributed by atoms with Gasteiger partial charge in [-0.2, -0.15) is 0 Å². The third-order valence-corrected chi connectivity index (χ3v) is 3.69. The van der Waals surface area contributed by atoms with Crippen molar-refractivity contribution >= 4 is 17.6 Å². The van der Waals surface area contributed by atoms with Crippen molar-refractivity contribution in [1.82, 2.24) is 0 Å². The largest absolute Gasteiger partial charge is 0.489 e. The number of halogens is 1. The van der Waals surface area contributed by atoms with Crippen LogP contribution < -0.4 is 10.5 Å². The highest BCUT2D eigenvalue weighted by Gasteiger charge is 2.20. The summed E-state index contributed by atoms with van der Waals surface area (Å²) in [6.07, 6.45) is 4.10. The van der Waals surface area contributed by atoms with Crippen LogP contribution in [0.3, 0.4) is 0 Å². The third kappa shape index (κ3) is 3.85. The summed E-state index contributed by atoms with van der Waals surface area (Å²) < 4.78 is 5.75. The highest BCUT2D eigenvalue weighted by Crippen LogP contribution is 2.32. The average molecular weight is 284 g/mol. The summed E-state index contributed by atoms with van der Waals surface area (Å²) in [5.41, 5.74) is 6.78. The summed E-state index contributed by atoms with van der Waals surface area (Å²) in [6.45, 7) is 0. The quantitative estimate of drug-likeness (QED) is 0.841. The average Bonchev–Trinajstić information content (AvgIpc) is 2.32. The van der Waals surface area contributed by atoms with Crippen molar-refractivity contribution in [2.75, 3.05) is 0 Å². The second-order valence-electron chi connectivity index (χ2n) is 4.90. The van der Waals surface area contributed by atoms with Crippen LogP contribution >= 0.6 is 11.6 Å². The van der Waals surface area contributed by atoms with Crippen LogP contribution in [-0.2, 0) is 4.79 Å². The molecular weight excluding hydrogens is 266 g/mol. The Labute approximate surface area is 117 Å². The maximum Gasteiger partial charge on any atom is 0.303 e. The zero-order chi connectivity index (χ0) is 13.8. The fourth-order valence-corrected chi connectivity index (χ4v) is 2.19. The molecular formula is C14H18ClNO3. The Bertz CT molecular complexity index is 460. The molecule has 0 bridgehead atoms. The minimum absolute atomic E-state index is 0.0547. The molecule has 0 aromatic heterocycles. The smallest absolute Gasteiger partial charge is 0.303 e. The van der Waals surface area contributed by atoms with Crippen LogP contribution in [0.2, 0.25) is 5.02 Å².